The molecule has 0 aromatic rings. The van der Waals surface area contributed by atoms with Crippen LogP contribution in [0.1, 0.15) is 26.7 Å². The van der Waals surface area contributed by atoms with Gasteiger partial charge in [0.05, 0.1) is 12.6 Å². The molecule has 0 aliphatic rings. The van der Waals surface area contributed by atoms with Crippen LogP contribution in [0.15, 0.2) is 0 Å². The van der Waals surface area contributed by atoms with Gasteiger partial charge in [-0.2, -0.15) is 5.26 Å². The molecule has 0 aliphatic carbocycles. The summed E-state index contributed by atoms with van der Waals surface area (Å²) in [5.41, 5.74) is 0. The number of carboxylic acid groups (broad SMARTS) is 1. The number of hydrogen-bond donors (Lipinski definition) is 1. The summed E-state index contributed by atoms with van der Waals surface area (Å²) in [4.78, 5) is 12.3. The third-order valence-electron chi connectivity index (χ3n) is 1.80. The first-order chi connectivity index (χ1) is 6.07. The number of hydrogen-bond acceptors (Lipinski definition) is 3. The zero-order valence-corrected chi connectivity index (χ0v) is 8.16. The molecule has 0 rings (SSSR count). The second-order valence-corrected chi connectivity index (χ2v) is 3.22. The fourth-order valence-electron chi connectivity index (χ4n) is 1.05. The summed E-state index contributed by atoms with van der Waals surface area (Å²) in [6, 6.07) is 2.26. The van der Waals surface area contributed by atoms with Crippen LogP contribution in [0.4, 0.5) is 0 Å². The lowest BCUT2D eigenvalue weighted by Crippen LogP contribution is -2.36. The molecule has 0 amide bonds. The van der Waals surface area contributed by atoms with E-state index in [1.165, 1.54) is 0 Å². The highest BCUT2D eigenvalue weighted by molar-refractivity contribution is 5.69. The van der Waals surface area contributed by atoms with Crippen molar-refractivity contribution in [1.29, 1.82) is 5.26 Å². The van der Waals surface area contributed by atoms with Crippen molar-refractivity contribution < 1.29 is 9.90 Å². The van der Waals surface area contributed by atoms with Crippen LogP contribution in [-0.4, -0.2) is 35.1 Å². The van der Waals surface area contributed by atoms with Crippen LogP contribution in [0.5, 0.6) is 0 Å². The molecule has 13 heavy (non-hydrogen) atoms. The largest absolute Gasteiger partial charge is 0.480 e. The van der Waals surface area contributed by atoms with E-state index in [9.17, 15) is 4.79 Å². The summed E-state index contributed by atoms with van der Waals surface area (Å²) in [6.07, 6.45) is 1.23. The van der Waals surface area contributed by atoms with Crippen LogP contribution in [0.25, 0.3) is 0 Å². The van der Waals surface area contributed by atoms with Crippen molar-refractivity contribution in [3.8, 4) is 6.07 Å². The maximum absolute atomic E-state index is 10.4. The van der Waals surface area contributed by atoms with Gasteiger partial charge in [-0.3, -0.25) is 9.69 Å². The number of nitriles is 1. The molecular weight excluding hydrogens is 168 g/mol. The van der Waals surface area contributed by atoms with E-state index in [0.29, 0.717) is 13.0 Å². The highest BCUT2D eigenvalue weighted by atomic mass is 16.4. The number of nitrogens with zero attached hydrogens (tertiary/aromatic N) is 2. The van der Waals surface area contributed by atoms with E-state index in [2.05, 4.69) is 0 Å². The molecule has 0 spiro atoms. The van der Waals surface area contributed by atoms with Crippen LogP contribution < -0.4 is 0 Å². The summed E-state index contributed by atoms with van der Waals surface area (Å²) in [6.45, 7) is 4.64. The van der Waals surface area contributed by atoms with E-state index >= 15 is 0 Å². The Morgan fingerprint density at radius 3 is 2.62 bits per heavy atom. The molecule has 0 bridgehead atoms. The van der Waals surface area contributed by atoms with E-state index < -0.39 is 5.97 Å². The van der Waals surface area contributed by atoms with Crippen molar-refractivity contribution in [2.45, 2.75) is 32.7 Å². The van der Waals surface area contributed by atoms with Gasteiger partial charge in [-0.05, 0) is 26.8 Å². The zero-order chi connectivity index (χ0) is 10.3. The van der Waals surface area contributed by atoms with Gasteiger partial charge in [0, 0.05) is 12.5 Å². The molecule has 0 aromatic carbocycles. The van der Waals surface area contributed by atoms with Gasteiger partial charge >= 0.3 is 5.97 Å². The Hall–Kier alpha value is -1.08. The maximum atomic E-state index is 10.4. The molecule has 0 radical (unpaired) electrons. The van der Waals surface area contributed by atoms with Gasteiger partial charge in [0.15, 0.2) is 0 Å². The molecule has 0 heterocycles. The van der Waals surface area contributed by atoms with E-state index in [4.69, 9.17) is 10.4 Å². The van der Waals surface area contributed by atoms with Gasteiger partial charge in [-0.15, -0.1) is 0 Å². The molecule has 0 atom stereocenters. The first-order valence-electron chi connectivity index (χ1n) is 4.40. The highest BCUT2D eigenvalue weighted by Gasteiger charge is 2.11. The van der Waals surface area contributed by atoms with Crippen molar-refractivity contribution >= 4 is 5.97 Å². The van der Waals surface area contributed by atoms with E-state index in [1.54, 1.807) is 0 Å². The van der Waals surface area contributed by atoms with Crippen LogP contribution in [0, 0.1) is 11.3 Å². The molecule has 0 aliphatic heterocycles. The summed E-state index contributed by atoms with van der Waals surface area (Å²) in [5, 5.41) is 16.9. The molecule has 0 aromatic heterocycles. The second-order valence-electron chi connectivity index (χ2n) is 3.22. The molecule has 0 saturated heterocycles. The normalized spacial score (nSPS) is 10.4. The van der Waals surface area contributed by atoms with Gasteiger partial charge in [0.1, 0.15) is 0 Å². The Kier molecular flexibility index (Phi) is 5.90. The van der Waals surface area contributed by atoms with E-state index in [0.717, 1.165) is 6.42 Å². The quantitative estimate of drug-likeness (QED) is 0.627. The van der Waals surface area contributed by atoms with E-state index in [-0.39, 0.29) is 12.6 Å². The Morgan fingerprint density at radius 1 is 1.62 bits per heavy atom. The Balaban J connectivity index is 3.82. The number of rotatable bonds is 6. The predicted octanol–water partition coefficient (Wildman–Crippen LogP) is 1.09. The minimum Gasteiger partial charge on any atom is -0.480 e. The summed E-state index contributed by atoms with van der Waals surface area (Å²) < 4.78 is 0. The lowest BCUT2D eigenvalue weighted by Gasteiger charge is -2.23. The average Bonchev–Trinajstić information content (AvgIpc) is 2.02. The third kappa shape index (κ3) is 6.12. The van der Waals surface area contributed by atoms with Gasteiger partial charge in [-0.1, -0.05) is 0 Å². The summed E-state index contributed by atoms with van der Waals surface area (Å²) in [7, 11) is 0. The molecule has 0 unspecified atom stereocenters. The van der Waals surface area contributed by atoms with Gasteiger partial charge in [0.25, 0.3) is 0 Å². The fourth-order valence-corrected chi connectivity index (χ4v) is 1.05. The zero-order valence-electron chi connectivity index (χ0n) is 8.16. The van der Waals surface area contributed by atoms with Crippen molar-refractivity contribution in [3.63, 3.8) is 0 Å². The highest BCUT2D eigenvalue weighted by Crippen LogP contribution is 2.00. The Bertz CT molecular complexity index is 196. The number of carbonyl (C=O) groups is 1. The van der Waals surface area contributed by atoms with Crippen LogP contribution >= 0.6 is 0 Å². The number of unbranched alkanes of at least 4 members (excludes halogenated alkanes) is 1. The fraction of sp³-hybridized carbons (Fsp3) is 0.778. The SMILES string of the molecule is CC(C)N(CCCC#N)CC(=O)O. The third-order valence-corrected chi connectivity index (χ3v) is 1.80. The average molecular weight is 184 g/mol. The van der Waals surface area contributed by atoms with E-state index in [1.807, 2.05) is 24.8 Å². The lowest BCUT2D eigenvalue weighted by atomic mass is 10.2. The summed E-state index contributed by atoms with van der Waals surface area (Å²) in [5.74, 6) is -0.814. The van der Waals surface area contributed by atoms with Gasteiger partial charge in [0.2, 0.25) is 0 Å². The van der Waals surface area contributed by atoms with Crippen molar-refractivity contribution in [1.82, 2.24) is 4.90 Å². The van der Waals surface area contributed by atoms with Gasteiger partial charge < -0.3 is 5.11 Å². The van der Waals surface area contributed by atoms with Crippen molar-refractivity contribution in [3.05, 3.63) is 0 Å². The first-order valence-corrected chi connectivity index (χ1v) is 4.40. The number of carboxylic acids is 1. The van der Waals surface area contributed by atoms with Gasteiger partial charge in [-0.25, -0.2) is 0 Å². The first kappa shape index (κ1) is 11.9. The Labute approximate surface area is 78.8 Å². The topological polar surface area (TPSA) is 64.3 Å². The molecule has 0 saturated carbocycles. The number of aliphatic carboxylic acids is 1. The minimum atomic E-state index is -0.814. The molecule has 4 nitrogen and oxygen atoms in total. The molecule has 1 N–H and O–H groups in total. The lowest BCUT2D eigenvalue weighted by molar-refractivity contribution is -0.138. The second kappa shape index (κ2) is 6.44. The smallest absolute Gasteiger partial charge is 0.317 e. The summed E-state index contributed by atoms with van der Waals surface area (Å²) >= 11 is 0. The molecule has 4 heteroatoms. The van der Waals surface area contributed by atoms with Crippen LogP contribution in [0.3, 0.4) is 0 Å². The minimum absolute atomic E-state index is 0.0586. The van der Waals surface area contributed by atoms with Crippen LogP contribution in [0.2, 0.25) is 0 Å². The monoisotopic (exact) mass is 184 g/mol. The standard InChI is InChI=1S/C9H16N2O2/c1-8(2)11(7-9(12)13)6-4-3-5-10/h8H,3-4,6-7H2,1-2H3,(H,12,13). The van der Waals surface area contributed by atoms with Crippen molar-refractivity contribution in [2.24, 2.45) is 0 Å². The molecule has 0 fully saturated rings. The van der Waals surface area contributed by atoms with Crippen molar-refractivity contribution in [2.75, 3.05) is 13.1 Å². The predicted molar refractivity (Wildman–Crippen MR) is 49.2 cm³/mol. The maximum Gasteiger partial charge on any atom is 0.317 e. The Morgan fingerprint density at radius 2 is 2.23 bits per heavy atom. The van der Waals surface area contributed by atoms with Crippen LogP contribution in [-0.2, 0) is 4.79 Å². The molecule has 74 valence electrons. The molecular formula is C9H16N2O2.